The third kappa shape index (κ3) is 4.39. The highest BCUT2D eigenvalue weighted by molar-refractivity contribution is 5.96. The molecule has 2 heterocycles. The maximum absolute atomic E-state index is 13.5. The van der Waals surface area contributed by atoms with E-state index in [0.29, 0.717) is 18.2 Å². The van der Waals surface area contributed by atoms with Crippen molar-refractivity contribution in [1.29, 1.82) is 0 Å². The quantitative estimate of drug-likeness (QED) is 0.853. The minimum Gasteiger partial charge on any atom is -0.349 e. The predicted octanol–water partition coefficient (Wildman–Crippen LogP) is 3.78. The molecule has 1 aromatic rings. The maximum atomic E-state index is 13.5. The van der Waals surface area contributed by atoms with Crippen LogP contribution in [0.4, 0.5) is 13.2 Å². The minimum absolute atomic E-state index is 0.115. The molecule has 1 atom stereocenters. The molecule has 8 heteroatoms. The van der Waals surface area contributed by atoms with Crippen molar-refractivity contribution < 1.29 is 18.0 Å². The standard InChI is InChI=1S/C18H29F3N4O/c1-6-12(4)22-17(26)15-13(5)25(23-16(15)18(19,20)21)14-7-9-24(10-8-14)11(2)3/h11-12,14H,6-10H2,1-5H3,(H,22,26)/t12-/m1/s1. The molecule has 148 valence electrons. The van der Waals surface area contributed by atoms with Gasteiger partial charge in [-0.3, -0.25) is 9.48 Å². The first-order valence-electron chi connectivity index (χ1n) is 9.27. The van der Waals surface area contributed by atoms with Crippen LogP contribution < -0.4 is 5.32 Å². The minimum atomic E-state index is -4.66. The summed E-state index contributed by atoms with van der Waals surface area (Å²) < 4.78 is 41.9. The zero-order chi connectivity index (χ0) is 19.6. The summed E-state index contributed by atoms with van der Waals surface area (Å²) in [7, 11) is 0. The zero-order valence-corrected chi connectivity index (χ0v) is 16.2. The molecular formula is C18H29F3N4O. The summed E-state index contributed by atoms with van der Waals surface area (Å²) in [5, 5.41) is 6.48. The highest BCUT2D eigenvalue weighted by Gasteiger charge is 2.42. The number of hydrogen-bond acceptors (Lipinski definition) is 3. The molecule has 1 aliphatic rings. The van der Waals surface area contributed by atoms with Crippen molar-refractivity contribution in [3.8, 4) is 0 Å². The Bertz CT molecular complexity index is 631. The largest absolute Gasteiger partial charge is 0.435 e. The van der Waals surface area contributed by atoms with Gasteiger partial charge >= 0.3 is 6.18 Å². The number of carbonyl (C=O) groups is 1. The van der Waals surface area contributed by atoms with Gasteiger partial charge in [0.25, 0.3) is 5.91 Å². The van der Waals surface area contributed by atoms with Crippen molar-refractivity contribution in [2.45, 2.75) is 78.2 Å². The van der Waals surface area contributed by atoms with Crippen LogP contribution in [0.2, 0.25) is 0 Å². The number of likely N-dealkylation sites (tertiary alicyclic amines) is 1. The topological polar surface area (TPSA) is 50.2 Å². The molecule has 0 saturated carbocycles. The van der Waals surface area contributed by atoms with Crippen molar-refractivity contribution in [2.24, 2.45) is 0 Å². The lowest BCUT2D eigenvalue weighted by molar-refractivity contribution is -0.142. The van der Waals surface area contributed by atoms with E-state index in [1.807, 2.05) is 6.92 Å². The SMILES string of the molecule is CC[C@@H](C)NC(=O)c1c(C(F)(F)F)nn(C2CCN(C(C)C)CC2)c1C. The lowest BCUT2D eigenvalue weighted by Crippen LogP contribution is -2.39. The molecule has 1 aromatic heterocycles. The van der Waals surface area contributed by atoms with Crippen molar-refractivity contribution in [3.05, 3.63) is 17.0 Å². The molecule has 1 N–H and O–H groups in total. The Hall–Kier alpha value is -1.57. The molecule has 26 heavy (non-hydrogen) atoms. The average molecular weight is 374 g/mol. The number of halogens is 3. The molecule has 0 aromatic carbocycles. The van der Waals surface area contributed by atoms with E-state index in [-0.39, 0.29) is 17.6 Å². The number of hydrogen-bond donors (Lipinski definition) is 1. The second kappa shape index (κ2) is 7.98. The van der Waals surface area contributed by atoms with E-state index in [2.05, 4.69) is 29.2 Å². The normalized spacial score (nSPS) is 18.3. The molecule has 0 bridgehead atoms. The summed E-state index contributed by atoms with van der Waals surface area (Å²) in [6.07, 6.45) is -2.56. The number of rotatable bonds is 5. The van der Waals surface area contributed by atoms with Crippen LogP contribution in [0.25, 0.3) is 0 Å². The molecule has 1 saturated heterocycles. The van der Waals surface area contributed by atoms with Gasteiger partial charge in [0.1, 0.15) is 0 Å². The molecule has 0 aliphatic carbocycles. The van der Waals surface area contributed by atoms with Crippen LogP contribution in [-0.4, -0.2) is 45.8 Å². The Kier molecular flexibility index (Phi) is 6.37. The molecule has 5 nitrogen and oxygen atoms in total. The number of alkyl halides is 3. The van der Waals surface area contributed by atoms with E-state index in [1.54, 1.807) is 13.8 Å². The zero-order valence-electron chi connectivity index (χ0n) is 16.2. The number of carbonyl (C=O) groups excluding carboxylic acids is 1. The summed E-state index contributed by atoms with van der Waals surface area (Å²) in [5.74, 6) is -0.699. The van der Waals surface area contributed by atoms with Crippen molar-refractivity contribution >= 4 is 5.91 Å². The number of piperidine rings is 1. The second-order valence-corrected chi connectivity index (χ2v) is 7.39. The first kappa shape index (κ1) is 20.7. The van der Waals surface area contributed by atoms with E-state index in [4.69, 9.17) is 0 Å². The van der Waals surface area contributed by atoms with Gasteiger partial charge in [-0.25, -0.2) is 0 Å². The predicted molar refractivity (Wildman–Crippen MR) is 94.2 cm³/mol. The van der Waals surface area contributed by atoms with Gasteiger partial charge in [0, 0.05) is 30.9 Å². The van der Waals surface area contributed by atoms with Gasteiger partial charge in [0.15, 0.2) is 5.69 Å². The summed E-state index contributed by atoms with van der Waals surface area (Å²) in [6, 6.07) is 0.106. The highest BCUT2D eigenvalue weighted by atomic mass is 19.4. The molecule has 0 spiro atoms. The van der Waals surface area contributed by atoms with Crippen LogP contribution in [0, 0.1) is 6.92 Å². The fourth-order valence-corrected chi connectivity index (χ4v) is 3.39. The van der Waals surface area contributed by atoms with E-state index >= 15 is 0 Å². The number of aromatic nitrogens is 2. The summed E-state index contributed by atoms with van der Waals surface area (Å²) in [6.45, 7) is 11.1. The van der Waals surface area contributed by atoms with Crippen LogP contribution in [0.15, 0.2) is 0 Å². The number of nitrogens with zero attached hydrogens (tertiary/aromatic N) is 3. The Balaban J connectivity index is 2.33. The van der Waals surface area contributed by atoms with Crippen molar-refractivity contribution in [1.82, 2.24) is 20.0 Å². The highest BCUT2D eigenvalue weighted by Crippen LogP contribution is 2.35. The third-order valence-corrected chi connectivity index (χ3v) is 5.21. The first-order chi connectivity index (χ1) is 12.1. The number of amides is 1. The molecular weight excluding hydrogens is 345 g/mol. The fourth-order valence-electron chi connectivity index (χ4n) is 3.39. The molecule has 2 rings (SSSR count). The van der Waals surface area contributed by atoms with E-state index in [9.17, 15) is 18.0 Å². The Labute approximate surface area is 152 Å². The molecule has 0 unspecified atom stereocenters. The summed E-state index contributed by atoms with van der Waals surface area (Å²) >= 11 is 0. The smallest absolute Gasteiger partial charge is 0.349 e. The summed E-state index contributed by atoms with van der Waals surface area (Å²) in [5.41, 5.74) is -1.13. The van der Waals surface area contributed by atoms with Crippen LogP contribution in [-0.2, 0) is 6.18 Å². The van der Waals surface area contributed by atoms with Gasteiger partial charge in [-0.1, -0.05) is 6.92 Å². The Morgan fingerprint density at radius 3 is 2.31 bits per heavy atom. The van der Waals surface area contributed by atoms with Gasteiger partial charge < -0.3 is 10.2 Å². The van der Waals surface area contributed by atoms with Crippen LogP contribution in [0.3, 0.4) is 0 Å². The van der Waals surface area contributed by atoms with Gasteiger partial charge in [-0.15, -0.1) is 0 Å². The molecule has 1 amide bonds. The van der Waals surface area contributed by atoms with Gasteiger partial charge in [0.05, 0.1) is 11.6 Å². The number of nitrogens with one attached hydrogen (secondary N) is 1. The molecule has 1 fully saturated rings. The lowest BCUT2D eigenvalue weighted by atomic mass is 10.0. The Morgan fingerprint density at radius 2 is 1.85 bits per heavy atom. The molecule has 1 aliphatic heterocycles. The molecule has 0 radical (unpaired) electrons. The lowest BCUT2D eigenvalue weighted by Gasteiger charge is -2.35. The van der Waals surface area contributed by atoms with Gasteiger partial charge in [-0.05, 0) is 47.0 Å². The first-order valence-corrected chi connectivity index (χ1v) is 9.27. The van der Waals surface area contributed by atoms with E-state index < -0.39 is 17.8 Å². The van der Waals surface area contributed by atoms with Crippen molar-refractivity contribution in [3.63, 3.8) is 0 Å². The average Bonchev–Trinajstić information content (AvgIpc) is 2.92. The van der Waals surface area contributed by atoms with Gasteiger partial charge in [-0.2, -0.15) is 18.3 Å². The van der Waals surface area contributed by atoms with Crippen LogP contribution in [0.5, 0.6) is 0 Å². The van der Waals surface area contributed by atoms with Crippen LogP contribution >= 0.6 is 0 Å². The van der Waals surface area contributed by atoms with Gasteiger partial charge in [0.2, 0.25) is 0 Å². The second-order valence-electron chi connectivity index (χ2n) is 7.39. The summed E-state index contributed by atoms with van der Waals surface area (Å²) in [4.78, 5) is 14.8. The Morgan fingerprint density at radius 1 is 1.27 bits per heavy atom. The van der Waals surface area contributed by atoms with E-state index in [1.165, 1.54) is 4.68 Å². The van der Waals surface area contributed by atoms with Crippen LogP contribution in [0.1, 0.15) is 74.7 Å². The third-order valence-electron chi connectivity index (χ3n) is 5.21. The fraction of sp³-hybridized carbons (Fsp3) is 0.778. The van der Waals surface area contributed by atoms with E-state index in [0.717, 1.165) is 25.9 Å². The monoisotopic (exact) mass is 374 g/mol. The van der Waals surface area contributed by atoms with Crippen molar-refractivity contribution in [2.75, 3.05) is 13.1 Å². The maximum Gasteiger partial charge on any atom is 0.435 e.